The van der Waals surface area contributed by atoms with E-state index in [0.717, 1.165) is 19.3 Å². The van der Waals surface area contributed by atoms with Crippen molar-refractivity contribution in [2.24, 2.45) is 27.7 Å². The summed E-state index contributed by atoms with van der Waals surface area (Å²) in [5.74, 6) is 0.931. The minimum absolute atomic E-state index is 0.0138. The van der Waals surface area contributed by atoms with E-state index in [1.165, 1.54) is 18.9 Å². The van der Waals surface area contributed by atoms with Crippen molar-refractivity contribution in [3.63, 3.8) is 0 Å². The Morgan fingerprint density at radius 1 is 0.964 bits per heavy atom. The molecule has 0 spiro atoms. The lowest BCUT2D eigenvalue weighted by Crippen LogP contribution is -2.21. The Bertz CT molecular complexity index is 526. The molecule has 0 amide bonds. The third-order valence-electron chi connectivity index (χ3n) is 4.49. The molecule has 0 aliphatic carbocycles. The molecule has 0 aliphatic rings. The minimum atomic E-state index is -0.0138. The van der Waals surface area contributed by atoms with Crippen molar-refractivity contribution in [1.29, 1.82) is 10.5 Å². The van der Waals surface area contributed by atoms with Crippen LogP contribution in [0.5, 0.6) is 0 Å². The molecule has 0 aromatic rings. The highest BCUT2D eigenvalue weighted by Crippen LogP contribution is 2.30. The maximum absolute atomic E-state index is 9.87. The topological polar surface area (TPSA) is 95.5 Å². The Labute approximate surface area is 171 Å². The first kappa shape index (κ1) is 28.2. The highest BCUT2D eigenvalue weighted by molar-refractivity contribution is 5.32. The van der Waals surface area contributed by atoms with Crippen LogP contribution in [0.4, 0.5) is 0 Å². The summed E-state index contributed by atoms with van der Waals surface area (Å²) in [4.78, 5) is 13.4. The van der Waals surface area contributed by atoms with Crippen LogP contribution in [0.15, 0.2) is 4.99 Å². The molecule has 28 heavy (non-hydrogen) atoms. The van der Waals surface area contributed by atoms with Gasteiger partial charge in [0.05, 0.1) is 6.54 Å². The standard InChI is InChI=1S/C11H18N2O2.C11H21NO/c1-10(4-5-13-9-14)6-11(2,3)7-15-8-12;1-5-6-11(3,4)7-10(2)8-13-9-12/h10H,4-7H2,1-3H3;10H,5-8H2,1-4H3. The fraction of sp³-hybridized carbons (Fsp3) is 0.864. The van der Waals surface area contributed by atoms with E-state index < -0.39 is 0 Å². The van der Waals surface area contributed by atoms with Gasteiger partial charge in [-0.25, -0.2) is 9.79 Å². The molecule has 0 saturated heterocycles. The van der Waals surface area contributed by atoms with Gasteiger partial charge in [0.2, 0.25) is 6.08 Å². The maximum Gasteiger partial charge on any atom is 0.286 e. The Hall–Kier alpha value is -2.04. The number of rotatable bonds is 13. The van der Waals surface area contributed by atoms with Gasteiger partial charge in [-0.1, -0.05) is 54.9 Å². The van der Waals surface area contributed by atoms with Crippen LogP contribution >= 0.6 is 0 Å². The third-order valence-corrected chi connectivity index (χ3v) is 4.49. The lowest BCUT2D eigenvalue weighted by atomic mass is 9.80. The normalized spacial score (nSPS) is 12.9. The monoisotopic (exact) mass is 393 g/mol. The van der Waals surface area contributed by atoms with Gasteiger partial charge in [-0.2, -0.15) is 10.5 Å². The molecule has 6 heteroatoms. The lowest BCUT2D eigenvalue weighted by Gasteiger charge is -2.26. The number of ether oxygens (including phenoxy) is 2. The van der Waals surface area contributed by atoms with E-state index in [-0.39, 0.29) is 5.41 Å². The highest BCUT2D eigenvalue weighted by Gasteiger charge is 2.22. The van der Waals surface area contributed by atoms with Crippen molar-refractivity contribution in [1.82, 2.24) is 0 Å². The van der Waals surface area contributed by atoms with Gasteiger partial charge in [0.25, 0.3) is 12.5 Å². The number of nitrogens with zero attached hydrogens (tertiary/aromatic N) is 3. The molecule has 160 valence electrons. The number of nitriles is 2. The fourth-order valence-corrected chi connectivity index (χ4v) is 3.62. The number of hydrogen-bond acceptors (Lipinski definition) is 6. The van der Waals surface area contributed by atoms with Gasteiger partial charge in [0.15, 0.2) is 0 Å². The van der Waals surface area contributed by atoms with Crippen molar-refractivity contribution >= 4 is 6.08 Å². The summed E-state index contributed by atoms with van der Waals surface area (Å²) in [7, 11) is 0. The van der Waals surface area contributed by atoms with Gasteiger partial charge < -0.3 is 9.47 Å². The Balaban J connectivity index is 0. The number of hydrogen-bond donors (Lipinski definition) is 0. The van der Waals surface area contributed by atoms with E-state index >= 15 is 0 Å². The second kappa shape index (κ2) is 16.0. The quantitative estimate of drug-likeness (QED) is 0.230. The van der Waals surface area contributed by atoms with E-state index in [0.29, 0.717) is 37.0 Å². The van der Waals surface area contributed by atoms with E-state index in [2.05, 4.69) is 53.5 Å². The third kappa shape index (κ3) is 18.7. The van der Waals surface area contributed by atoms with Crippen molar-refractivity contribution in [3.8, 4) is 12.5 Å². The van der Waals surface area contributed by atoms with Crippen molar-refractivity contribution < 1.29 is 14.3 Å². The van der Waals surface area contributed by atoms with Crippen LogP contribution in [0.25, 0.3) is 0 Å². The molecular weight excluding hydrogens is 354 g/mol. The summed E-state index contributed by atoms with van der Waals surface area (Å²) in [6.07, 6.45) is 10.3. The molecule has 0 aromatic carbocycles. The molecule has 0 heterocycles. The highest BCUT2D eigenvalue weighted by atomic mass is 16.5. The molecule has 6 nitrogen and oxygen atoms in total. The zero-order chi connectivity index (χ0) is 22.1. The number of carbonyl (C=O) groups excluding carboxylic acids is 1. The van der Waals surface area contributed by atoms with Crippen LogP contribution in [0.3, 0.4) is 0 Å². The Morgan fingerprint density at radius 2 is 1.54 bits per heavy atom. The second-order valence-electron chi connectivity index (χ2n) is 9.24. The predicted molar refractivity (Wildman–Crippen MR) is 111 cm³/mol. The molecule has 0 aromatic heterocycles. The molecular formula is C22H39N3O3. The van der Waals surface area contributed by atoms with E-state index in [1.54, 1.807) is 12.5 Å². The molecule has 0 radical (unpaired) electrons. The summed E-state index contributed by atoms with van der Waals surface area (Å²) in [6.45, 7) is 16.6. The van der Waals surface area contributed by atoms with Crippen molar-refractivity contribution in [2.75, 3.05) is 19.8 Å². The average molecular weight is 394 g/mol. The van der Waals surface area contributed by atoms with Gasteiger partial charge in [-0.05, 0) is 42.9 Å². The van der Waals surface area contributed by atoms with Gasteiger partial charge in [0, 0.05) is 5.41 Å². The van der Waals surface area contributed by atoms with E-state index in [1.807, 2.05) is 0 Å². The van der Waals surface area contributed by atoms with Crippen molar-refractivity contribution in [3.05, 3.63) is 0 Å². The molecule has 0 saturated carbocycles. The summed E-state index contributed by atoms with van der Waals surface area (Å²) < 4.78 is 9.47. The fourth-order valence-electron chi connectivity index (χ4n) is 3.62. The largest absolute Gasteiger partial charge is 0.427 e. The molecule has 2 atom stereocenters. The van der Waals surface area contributed by atoms with Gasteiger partial charge in [-0.15, -0.1) is 0 Å². The first-order valence-electron chi connectivity index (χ1n) is 10.1. The molecule has 0 rings (SSSR count). The second-order valence-corrected chi connectivity index (χ2v) is 9.24. The minimum Gasteiger partial charge on any atom is -0.427 e. The van der Waals surface area contributed by atoms with Crippen LogP contribution < -0.4 is 0 Å². The molecule has 0 fully saturated rings. The zero-order valence-corrected chi connectivity index (χ0v) is 18.9. The van der Waals surface area contributed by atoms with Crippen LogP contribution in [-0.2, 0) is 14.3 Å². The van der Waals surface area contributed by atoms with Crippen LogP contribution in [-0.4, -0.2) is 25.8 Å². The molecule has 0 bridgehead atoms. The van der Waals surface area contributed by atoms with Crippen LogP contribution in [0.1, 0.15) is 80.6 Å². The maximum atomic E-state index is 9.87. The van der Waals surface area contributed by atoms with E-state index in [9.17, 15) is 4.79 Å². The van der Waals surface area contributed by atoms with Crippen molar-refractivity contribution in [2.45, 2.75) is 80.6 Å². The molecule has 2 unspecified atom stereocenters. The summed E-state index contributed by atoms with van der Waals surface area (Å²) in [5.41, 5.74) is 0.368. The summed E-state index contributed by atoms with van der Waals surface area (Å²) in [5, 5.41) is 16.6. The number of aliphatic imine (C=N–C) groups is 1. The predicted octanol–water partition coefficient (Wildman–Crippen LogP) is 5.60. The van der Waals surface area contributed by atoms with Gasteiger partial charge >= 0.3 is 0 Å². The number of isocyanates is 1. The summed E-state index contributed by atoms with van der Waals surface area (Å²) in [6, 6.07) is 0. The Kier molecular flexibility index (Phi) is 16.1. The smallest absolute Gasteiger partial charge is 0.286 e. The van der Waals surface area contributed by atoms with E-state index in [4.69, 9.17) is 20.0 Å². The van der Waals surface area contributed by atoms with Crippen LogP contribution in [0.2, 0.25) is 0 Å². The van der Waals surface area contributed by atoms with Crippen LogP contribution in [0, 0.1) is 45.7 Å². The molecule has 0 aliphatic heterocycles. The van der Waals surface area contributed by atoms with Gasteiger partial charge in [-0.3, -0.25) is 0 Å². The first-order valence-corrected chi connectivity index (χ1v) is 10.1. The Morgan fingerprint density at radius 3 is 2.04 bits per heavy atom. The lowest BCUT2D eigenvalue weighted by molar-refractivity contribution is 0.124. The molecule has 0 N–H and O–H groups in total. The first-order chi connectivity index (χ1) is 13.0. The zero-order valence-electron chi connectivity index (χ0n) is 18.9. The SMILES string of the molecule is CC(CCN=C=O)CC(C)(C)COC#N.CCCC(C)(C)CC(C)COC#N. The average Bonchev–Trinajstić information content (AvgIpc) is 2.58. The van der Waals surface area contributed by atoms with Gasteiger partial charge in [0.1, 0.15) is 13.2 Å². The summed E-state index contributed by atoms with van der Waals surface area (Å²) >= 11 is 0.